The van der Waals surface area contributed by atoms with Crippen molar-refractivity contribution in [3.63, 3.8) is 0 Å². The molecule has 2 amide bonds. The SMILES string of the molecule is CC[C@H](C)[C@H](NC(=O)CNC(=O)c1ccc(Br)o1)C(=O)OC(C)(C)C. The summed E-state index contributed by atoms with van der Waals surface area (Å²) in [6, 6.07) is 2.29. The molecule has 2 N–H and O–H groups in total. The Labute approximate surface area is 156 Å². The lowest BCUT2D eigenvalue weighted by Gasteiger charge is -2.27. The van der Waals surface area contributed by atoms with Gasteiger partial charge in [-0.1, -0.05) is 20.3 Å². The highest BCUT2D eigenvalue weighted by atomic mass is 79.9. The smallest absolute Gasteiger partial charge is 0.329 e. The van der Waals surface area contributed by atoms with Crippen LogP contribution in [-0.2, 0) is 14.3 Å². The number of hydrogen-bond donors (Lipinski definition) is 2. The number of furan rings is 1. The summed E-state index contributed by atoms with van der Waals surface area (Å²) in [5.41, 5.74) is -0.644. The third-order valence-corrected chi connectivity index (χ3v) is 3.82. The Kier molecular flexibility index (Phi) is 7.66. The van der Waals surface area contributed by atoms with Crippen molar-refractivity contribution >= 4 is 33.7 Å². The predicted molar refractivity (Wildman–Crippen MR) is 96.0 cm³/mol. The fourth-order valence-electron chi connectivity index (χ4n) is 1.94. The molecule has 0 bridgehead atoms. The molecule has 0 aliphatic carbocycles. The van der Waals surface area contributed by atoms with E-state index in [1.54, 1.807) is 26.8 Å². The monoisotopic (exact) mass is 416 g/mol. The van der Waals surface area contributed by atoms with Crippen molar-refractivity contribution in [2.24, 2.45) is 5.92 Å². The first kappa shape index (κ1) is 21.2. The molecule has 0 aliphatic rings. The Morgan fingerprint density at radius 3 is 2.40 bits per heavy atom. The highest BCUT2D eigenvalue weighted by molar-refractivity contribution is 9.10. The largest absolute Gasteiger partial charge is 0.458 e. The zero-order valence-electron chi connectivity index (χ0n) is 15.1. The third-order valence-electron chi connectivity index (χ3n) is 3.40. The van der Waals surface area contributed by atoms with Gasteiger partial charge < -0.3 is 19.8 Å². The van der Waals surface area contributed by atoms with Crippen LogP contribution in [0.1, 0.15) is 51.6 Å². The molecule has 1 rings (SSSR count). The number of carbonyl (C=O) groups is 3. The molecule has 0 saturated carbocycles. The Bertz CT molecular complexity index is 621. The van der Waals surface area contributed by atoms with E-state index in [9.17, 15) is 14.4 Å². The van der Waals surface area contributed by atoms with Crippen molar-refractivity contribution in [1.82, 2.24) is 10.6 Å². The molecule has 0 fully saturated rings. The Hall–Kier alpha value is -1.83. The van der Waals surface area contributed by atoms with Gasteiger partial charge in [-0.15, -0.1) is 0 Å². The minimum atomic E-state index is -0.772. The number of rotatable bonds is 7. The van der Waals surface area contributed by atoms with Gasteiger partial charge in [0.05, 0.1) is 6.54 Å². The van der Waals surface area contributed by atoms with Gasteiger partial charge in [-0.2, -0.15) is 0 Å². The van der Waals surface area contributed by atoms with Gasteiger partial charge in [0, 0.05) is 0 Å². The summed E-state index contributed by atoms with van der Waals surface area (Å²) >= 11 is 3.10. The molecule has 140 valence electrons. The summed E-state index contributed by atoms with van der Waals surface area (Å²) in [4.78, 5) is 36.3. The predicted octanol–water partition coefficient (Wildman–Crippen LogP) is 2.64. The summed E-state index contributed by atoms with van der Waals surface area (Å²) in [6.45, 7) is 8.80. The first-order valence-corrected chi connectivity index (χ1v) is 8.88. The second-order valence-electron chi connectivity index (χ2n) is 6.75. The molecule has 2 atom stereocenters. The van der Waals surface area contributed by atoms with E-state index in [0.29, 0.717) is 11.1 Å². The molecule has 25 heavy (non-hydrogen) atoms. The Morgan fingerprint density at radius 1 is 1.28 bits per heavy atom. The number of amides is 2. The number of carbonyl (C=O) groups excluding carboxylic acids is 3. The van der Waals surface area contributed by atoms with E-state index in [-0.39, 0.29) is 18.2 Å². The van der Waals surface area contributed by atoms with Gasteiger partial charge >= 0.3 is 5.97 Å². The molecule has 0 unspecified atom stereocenters. The molecule has 0 spiro atoms. The number of esters is 1. The zero-order chi connectivity index (χ0) is 19.2. The van der Waals surface area contributed by atoms with Crippen LogP contribution in [0.15, 0.2) is 21.2 Å². The number of halogens is 1. The van der Waals surface area contributed by atoms with Gasteiger partial charge in [0.25, 0.3) is 5.91 Å². The molecule has 7 nitrogen and oxygen atoms in total. The van der Waals surface area contributed by atoms with Gasteiger partial charge in [-0.05, 0) is 54.8 Å². The molecule has 1 aromatic rings. The van der Waals surface area contributed by atoms with Gasteiger partial charge in [0.1, 0.15) is 11.6 Å². The summed E-state index contributed by atoms with van der Waals surface area (Å²) in [5, 5.41) is 5.08. The van der Waals surface area contributed by atoms with Crippen molar-refractivity contribution in [2.75, 3.05) is 6.54 Å². The highest BCUT2D eigenvalue weighted by Crippen LogP contribution is 2.15. The standard InChI is InChI=1S/C17H25BrN2O5/c1-6-10(2)14(16(23)25-17(3,4)5)20-13(21)9-19-15(22)11-7-8-12(18)24-11/h7-8,10,14H,6,9H2,1-5H3,(H,19,22)(H,20,21)/t10-,14-/m0/s1. The lowest BCUT2D eigenvalue weighted by atomic mass is 9.99. The van der Waals surface area contributed by atoms with E-state index in [1.807, 2.05) is 13.8 Å². The molecule has 0 radical (unpaired) electrons. The zero-order valence-corrected chi connectivity index (χ0v) is 16.7. The van der Waals surface area contributed by atoms with Crippen LogP contribution in [0.25, 0.3) is 0 Å². The van der Waals surface area contributed by atoms with E-state index in [1.165, 1.54) is 6.07 Å². The first-order chi connectivity index (χ1) is 11.5. The first-order valence-electron chi connectivity index (χ1n) is 8.09. The van der Waals surface area contributed by atoms with Crippen LogP contribution in [0.4, 0.5) is 0 Å². The highest BCUT2D eigenvalue weighted by Gasteiger charge is 2.30. The second-order valence-corrected chi connectivity index (χ2v) is 7.53. The maximum atomic E-state index is 12.3. The number of hydrogen-bond acceptors (Lipinski definition) is 5. The fraction of sp³-hybridized carbons (Fsp3) is 0.588. The van der Waals surface area contributed by atoms with Crippen molar-refractivity contribution in [3.8, 4) is 0 Å². The van der Waals surface area contributed by atoms with Crippen LogP contribution in [-0.4, -0.2) is 36.0 Å². The average molecular weight is 417 g/mol. The topological polar surface area (TPSA) is 97.6 Å². The normalized spacial score (nSPS) is 13.7. The molecule has 0 aliphatic heterocycles. The van der Waals surface area contributed by atoms with Crippen LogP contribution in [0, 0.1) is 5.92 Å². The number of nitrogens with one attached hydrogen (secondary N) is 2. The Morgan fingerprint density at radius 2 is 1.92 bits per heavy atom. The summed E-state index contributed by atoms with van der Waals surface area (Å²) < 4.78 is 10.9. The molecular weight excluding hydrogens is 392 g/mol. The molecular formula is C17H25BrN2O5. The lowest BCUT2D eigenvalue weighted by molar-refractivity contribution is -0.160. The summed E-state index contributed by atoms with van der Waals surface area (Å²) in [5.74, 6) is -1.49. The van der Waals surface area contributed by atoms with Crippen molar-refractivity contribution in [1.29, 1.82) is 0 Å². The van der Waals surface area contributed by atoms with E-state index in [0.717, 1.165) is 0 Å². The van der Waals surface area contributed by atoms with Crippen LogP contribution in [0.2, 0.25) is 0 Å². The molecule has 1 heterocycles. The van der Waals surface area contributed by atoms with Gasteiger partial charge in [0.15, 0.2) is 10.4 Å². The van der Waals surface area contributed by atoms with E-state index < -0.39 is 29.4 Å². The Balaban J connectivity index is 2.62. The quantitative estimate of drug-likeness (QED) is 0.665. The molecule has 0 aromatic carbocycles. The molecule has 1 aromatic heterocycles. The lowest BCUT2D eigenvalue weighted by Crippen LogP contribution is -2.50. The molecule has 8 heteroatoms. The van der Waals surface area contributed by atoms with E-state index in [4.69, 9.17) is 9.15 Å². The van der Waals surface area contributed by atoms with Crippen molar-refractivity contribution < 1.29 is 23.5 Å². The van der Waals surface area contributed by atoms with E-state index >= 15 is 0 Å². The van der Waals surface area contributed by atoms with Crippen LogP contribution in [0.3, 0.4) is 0 Å². The van der Waals surface area contributed by atoms with E-state index in [2.05, 4.69) is 26.6 Å². The maximum absolute atomic E-state index is 12.3. The molecule has 0 saturated heterocycles. The number of ether oxygens (including phenoxy) is 1. The van der Waals surface area contributed by atoms with Gasteiger partial charge in [0.2, 0.25) is 5.91 Å². The van der Waals surface area contributed by atoms with Crippen molar-refractivity contribution in [2.45, 2.75) is 52.7 Å². The maximum Gasteiger partial charge on any atom is 0.329 e. The van der Waals surface area contributed by atoms with Crippen molar-refractivity contribution in [3.05, 3.63) is 22.6 Å². The van der Waals surface area contributed by atoms with Gasteiger partial charge in [-0.25, -0.2) is 4.79 Å². The van der Waals surface area contributed by atoms with Crippen LogP contribution < -0.4 is 10.6 Å². The minimum absolute atomic E-state index is 0.0882. The fourth-order valence-corrected chi connectivity index (χ4v) is 2.25. The average Bonchev–Trinajstić information content (AvgIpc) is 2.94. The minimum Gasteiger partial charge on any atom is -0.458 e. The summed E-state index contributed by atoms with van der Waals surface area (Å²) in [6.07, 6.45) is 0.691. The van der Waals surface area contributed by atoms with Crippen LogP contribution in [0.5, 0.6) is 0 Å². The third kappa shape index (κ3) is 7.29. The summed E-state index contributed by atoms with van der Waals surface area (Å²) in [7, 11) is 0. The van der Waals surface area contributed by atoms with Crippen LogP contribution >= 0.6 is 15.9 Å². The second kappa shape index (κ2) is 9.03. The van der Waals surface area contributed by atoms with Gasteiger partial charge in [-0.3, -0.25) is 9.59 Å².